The van der Waals surface area contributed by atoms with Crippen molar-refractivity contribution < 1.29 is 9.59 Å². The van der Waals surface area contributed by atoms with Crippen LogP contribution >= 0.6 is 27.5 Å². The van der Waals surface area contributed by atoms with Crippen molar-refractivity contribution in [3.05, 3.63) is 62.6 Å². The first-order chi connectivity index (χ1) is 10.0. The van der Waals surface area contributed by atoms with Gasteiger partial charge in [0.2, 0.25) is 5.91 Å². The van der Waals surface area contributed by atoms with E-state index in [0.29, 0.717) is 22.7 Å². The summed E-state index contributed by atoms with van der Waals surface area (Å²) in [6.45, 7) is 0. The monoisotopic (exact) mass is 363 g/mol. The maximum Gasteiger partial charge on any atom is 0.228 e. The fraction of sp³-hybridized carbons (Fsp3) is 0.125. The third-order valence-corrected chi connectivity index (χ3v) is 4.18. The third-order valence-electron chi connectivity index (χ3n) is 3.37. The summed E-state index contributed by atoms with van der Waals surface area (Å²) in [6.07, 6.45) is 0.572. The lowest BCUT2D eigenvalue weighted by Gasteiger charge is -2.07. The quantitative estimate of drug-likeness (QED) is 0.836. The van der Waals surface area contributed by atoms with Crippen molar-refractivity contribution in [3.63, 3.8) is 0 Å². The molecule has 0 bridgehead atoms. The van der Waals surface area contributed by atoms with E-state index in [1.165, 1.54) is 0 Å². The van der Waals surface area contributed by atoms with Crippen molar-refractivity contribution in [3.8, 4) is 0 Å². The Balaban J connectivity index is 1.89. The Hall–Kier alpha value is -1.65. The smallest absolute Gasteiger partial charge is 0.228 e. The predicted octanol–water partition coefficient (Wildman–Crippen LogP) is 4.02. The van der Waals surface area contributed by atoms with Gasteiger partial charge in [-0.1, -0.05) is 39.7 Å². The highest BCUT2D eigenvalue weighted by atomic mass is 79.9. The van der Waals surface area contributed by atoms with Crippen LogP contribution in [0.1, 0.15) is 21.5 Å². The van der Waals surface area contributed by atoms with Crippen LogP contribution in [0.2, 0.25) is 5.02 Å². The van der Waals surface area contributed by atoms with Gasteiger partial charge in [-0.05, 0) is 35.4 Å². The standard InChI is InChI=1S/C16H11BrClNO2/c17-11-3-1-2-9(4-11)5-15(20)12-6-10-7-16(21)19-14(10)8-13(12)18/h1-4,6,8H,5,7H2,(H,19,21). The lowest BCUT2D eigenvalue weighted by Crippen LogP contribution is -2.05. The maximum atomic E-state index is 12.4. The van der Waals surface area contributed by atoms with E-state index in [0.717, 1.165) is 15.6 Å². The molecule has 0 unspecified atom stereocenters. The van der Waals surface area contributed by atoms with E-state index in [2.05, 4.69) is 21.2 Å². The number of carbonyl (C=O) groups excluding carboxylic acids is 2. The number of benzene rings is 2. The zero-order valence-corrected chi connectivity index (χ0v) is 13.3. The molecule has 21 heavy (non-hydrogen) atoms. The van der Waals surface area contributed by atoms with Gasteiger partial charge in [-0.3, -0.25) is 9.59 Å². The summed E-state index contributed by atoms with van der Waals surface area (Å²) in [5.74, 6) is -0.127. The largest absolute Gasteiger partial charge is 0.325 e. The number of Topliss-reactive ketones (excluding diaryl/α,β-unsaturated/α-hetero) is 1. The summed E-state index contributed by atoms with van der Waals surface area (Å²) in [4.78, 5) is 23.8. The summed E-state index contributed by atoms with van der Waals surface area (Å²) in [7, 11) is 0. The van der Waals surface area contributed by atoms with Gasteiger partial charge in [0, 0.05) is 22.1 Å². The van der Waals surface area contributed by atoms with E-state index in [-0.39, 0.29) is 18.1 Å². The zero-order chi connectivity index (χ0) is 15.0. The minimum atomic E-state index is -0.0716. The molecular formula is C16H11BrClNO2. The topological polar surface area (TPSA) is 46.2 Å². The van der Waals surface area contributed by atoms with E-state index in [4.69, 9.17) is 11.6 Å². The molecule has 0 spiro atoms. The molecule has 0 aromatic heterocycles. The van der Waals surface area contributed by atoms with Gasteiger partial charge in [0.1, 0.15) is 0 Å². The lowest BCUT2D eigenvalue weighted by atomic mass is 10.00. The molecule has 1 aliphatic heterocycles. The second kappa shape index (κ2) is 5.62. The van der Waals surface area contributed by atoms with Crippen LogP contribution in [0.5, 0.6) is 0 Å². The van der Waals surface area contributed by atoms with Gasteiger partial charge in [-0.15, -0.1) is 0 Å². The van der Waals surface area contributed by atoms with Gasteiger partial charge in [-0.25, -0.2) is 0 Å². The van der Waals surface area contributed by atoms with Crippen LogP contribution in [0.3, 0.4) is 0 Å². The van der Waals surface area contributed by atoms with Gasteiger partial charge >= 0.3 is 0 Å². The van der Waals surface area contributed by atoms with Crippen LogP contribution in [-0.2, 0) is 17.6 Å². The van der Waals surface area contributed by atoms with Crippen molar-refractivity contribution >= 4 is 44.9 Å². The molecule has 1 N–H and O–H groups in total. The summed E-state index contributed by atoms with van der Waals surface area (Å²) in [5, 5.41) is 3.09. The van der Waals surface area contributed by atoms with Crippen molar-refractivity contribution in [1.29, 1.82) is 0 Å². The molecule has 1 amide bonds. The molecule has 2 aromatic rings. The normalized spacial score (nSPS) is 13.0. The molecule has 0 saturated heterocycles. The van der Waals surface area contributed by atoms with Crippen molar-refractivity contribution in [2.24, 2.45) is 0 Å². The van der Waals surface area contributed by atoms with Gasteiger partial charge in [0.15, 0.2) is 5.78 Å². The van der Waals surface area contributed by atoms with Gasteiger partial charge in [-0.2, -0.15) is 0 Å². The molecule has 0 radical (unpaired) electrons. The molecule has 1 aliphatic rings. The average molecular weight is 365 g/mol. The first kappa shape index (κ1) is 14.3. The lowest BCUT2D eigenvalue weighted by molar-refractivity contribution is -0.115. The number of hydrogen-bond acceptors (Lipinski definition) is 2. The Morgan fingerprint density at radius 3 is 2.86 bits per heavy atom. The molecular weight excluding hydrogens is 354 g/mol. The molecule has 2 aromatic carbocycles. The number of nitrogens with one attached hydrogen (secondary N) is 1. The number of hydrogen-bond donors (Lipinski definition) is 1. The number of halogens is 2. The van der Waals surface area contributed by atoms with Gasteiger partial charge < -0.3 is 5.32 Å². The van der Waals surface area contributed by atoms with E-state index < -0.39 is 0 Å². The Labute approximate surface area is 135 Å². The summed E-state index contributed by atoms with van der Waals surface area (Å²) in [5.41, 5.74) is 2.90. The molecule has 3 rings (SSSR count). The third kappa shape index (κ3) is 3.01. The molecule has 1 heterocycles. The highest BCUT2D eigenvalue weighted by molar-refractivity contribution is 9.10. The van der Waals surface area contributed by atoms with E-state index in [9.17, 15) is 9.59 Å². The van der Waals surface area contributed by atoms with Crippen molar-refractivity contribution in [2.75, 3.05) is 5.32 Å². The van der Waals surface area contributed by atoms with Crippen LogP contribution in [0.4, 0.5) is 5.69 Å². The maximum absolute atomic E-state index is 12.4. The van der Waals surface area contributed by atoms with E-state index in [1.54, 1.807) is 12.1 Å². The molecule has 0 saturated carbocycles. The highest BCUT2D eigenvalue weighted by Gasteiger charge is 2.21. The molecule has 0 fully saturated rings. The molecule has 106 valence electrons. The Bertz CT molecular complexity index is 758. The van der Waals surface area contributed by atoms with Crippen molar-refractivity contribution in [2.45, 2.75) is 12.8 Å². The molecule has 0 atom stereocenters. The van der Waals surface area contributed by atoms with Crippen LogP contribution in [0.25, 0.3) is 0 Å². The SMILES string of the molecule is O=C1Cc2cc(C(=O)Cc3cccc(Br)c3)c(Cl)cc2N1. The molecule has 0 aliphatic carbocycles. The average Bonchev–Trinajstić information content (AvgIpc) is 2.76. The number of carbonyl (C=O) groups is 2. The van der Waals surface area contributed by atoms with E-state index >= 15 is 0 Å². The van der Waals surface area contributed by atoms with Gasteiger partial charge in [0.05, 0.1) is 11.4 Å². The molecule has 5 heteroatoms. The fourth-order valence-electron chi connectivity index (χ4n) is 2.39. The number of rotatable bonds is 3. The summed E-state index contributed by atoms with van der Waals surface area (Å²) < 4.78 is 0.933. The zero-order valence-electron chi connectivity index (χ0n) is 11.0. The second-order valence-corrected chi connectivity index (χ2v) is 6.27. The minimum Gasteiger partial charge on any atom is -0.325 e. The number of amides is 1. The summed E-state index contributed by atoms with van der Waals surface area (Å²) in [6, 6.07) is 11.0. The van der Waals surface area contributed by atoms with E-state index in [1.807, 2.05) is 24.3 Å². The van der Waals surface area contributed by atoms with Crippen LogP contribution in [-0.4, -0.2) is 11.7 Å². The fourth-order valence-corrected chi connectivity index (χ4v) is 3.11. The first-order valence-corrected chi connectivity index (χ1v) is 7.60. The number of fused-ring (bicyclic) bond motifs is 1. The Kier molecular flexibility index (Phi) is 3.83. The first-order valence-electron chi connectivity index (χ1n) is 6.43. The predicted molar refractivity (Wildman–Crippen MR) is 86.0 cm³/mol. The minimum absolute atomic E-state index is 0.0553. The number of anilines is 1. The Morgan fingerprint density at radius 1 is 1.29 bits per heavy atom. The summed E-state index contributed by atoms with van der Waals surface area (Å²) >= 11 is 9.55. The molecule has 3 nitrogen and oxygen atoms in total. The highest BCUT2D eigenvalue weighted by Crippen LogP contribution is 2.30. The van der Waals surface area contributed by atoms with Gasteiger partial charge in [0.25, 0.3) is 0 Å². The van der Waals surface area contributed by atoms with Crippen LogP contribution in [0.15, 0.2) is 40.9 Å². The second-order valence-electron chi connectivity index (χ2n) is 4.94. The Morgan fingerprint density at radius 2 is 2.10 bits per heavy atom. The van der Waals surface area contributed by atoms with Crippen LogP contribution in [0, 0.1) is 0 Å². The van der Waals surface area contributed by atoms with Crippen LogP contribution < -0.4 is 5.32 Å². The van der Waals surface area contributed by atoms with Crippen molar-refractivity contribution in [1.82, 2.24) is 0 Å². The number of ketones is 1.